The van der Waals surface area contributed by atoms with Crippen LogP contribution in [0.4, 0.5) is 0 Å². The number of rotatable bonds is 1. The van der Waals surface area contributed by atoms with Gasteiger partial charge in [0.05, 0.1) is 5.56 Å². The molecule has 2 nitrogen and oxygen atoms in total. The fourth-order valence-electron chi connectivity index (χ4n) is 3.01. The molecule has 2 unspecified atom stereocenters. The molecule has 1 aromatic carbocycles. The van der Waals surface area contributed by atoms with Crippen LogP contribution in [-0.4, -0.2) is 23.9 Å². The predicted molar refractivity (Wildman–Crippen MR) is 75.0 cm³/mol. The lowest BCUT2D eigenvalue weighted by atomic mass is 9.86. The van der Waals surface area contributed by atoms with Gasteiger partial charge >= 0.3 is 0 Å². The van der Waals surface area contributed by atoms with E-state index < -0.39 is 0 Å². The molecule has 18 heavy (non-hydrogen) atoms. The van der Waals surface area contributed by atoms with Gasteiger partial charge in [-0.05, 0) is 36.8 Å². The van der Waals surface area contributed by atoms with Gasteiger partial charge < -0.3 is 4.90 Å². The van der Waals surface area contributed by atoms with Crippen LogP contribution >= 0.6 is 12.6 Å². The second-order valence-corrected chi connectivity index (χ2v) is 5.67. The first-order chi connectivity index (χ1) is 8.75. The van der Waals surface area contributed by atoms with Crippen LogP contribution in [0.2, 0.25) is 0 Å². The number of hydrogen-bond donors (Lipinski definition) is 1. The highest BCUT2D eigenvalue weighted by molar-refractivity contribution is 7.80. The molecular weight excluding hydrogens is 242 g/mol. The molecule has 1 amide bonds. The van der Waals surface area contributed by atoms with Crippen LogP contribution in [0.1, 0.15) is 23.2 Å². The van der Waals surface area contributed by atoms with Crippen molar-refractivity contribution >= 4 is 18.5 Å². The third kappa shape index (κ3) is 2.07. The van der Waals surface area contributed by atoms with Crippen molar-refractivity contribution in [3.63, 3.8) is 0 Å². The van der Waals surface area contributed by atoms with Gasteiger partial charge in [0.1, 0.15) is 0 Å². The van der Waals surface area contributed by atoms with E-state index in [2.05, 4.69) is 24.8 Å². The smallest absolute Gasteiger partial charge is 0.254 e. The Balaban J connectivity index is 1.77. The number of amides is 1. The molecule has 1 saturated heterocycles. The summed E-state index contributed by atoms with van der Waals surface area (Å²) in [6, 6.07) is 7.55. The lowest BCUT2D eigenvalue weighted by Gasteiger charge is -2.17. The Morgan fingerprint density at radius 3 is 2.33 bits per heavy atom. The Labute approximate surface area is 113 Å². The molecule has 0 N–H and O–H groups in total. The quantitative estimate of drug-likeness (QED) is 0.607. The van der Waals surface area contributed by atoms with Crippen molar-refractivity contribution in [3.05, 3.63) is 42.0 Å². The SMILES string of the molecule is O=C(c1ccccc1S)N1CC2CC=CCC2C1. The highest BCUT2D eigenvalue weighted by atomic mass is 32.1. The zero-order chi connectivity index (χ0) is 12.5. The Morgan fingerprint density at radius 1 is 1.11 bits per heavy atom. The summed E-state index contributed by atoms with van der Waals surface area (Å²) in [6.45, 7) is 1.80. The molecule has 0 spiro atoms. The topological polar surface area (TPSA) is 20.3 Å². The highest BCUT2D eigenvalue weighted by Crippen LogP contribution is 2.33. The summed E-state index contributed by atoms with van der Waals surface area (Å²) in [6.07, 6.45) is 6.75. The number of carbonyl (C=O) groups excluding carboxylic acids is 1. The van der Waals surface area contributed by atoms with Crippen LogP contribution < -0.4 is 0 Å². The van der Waals surface area contributed by atoms with Gasteiger partial charge in [0.15, 0.2) is 0 Å². The average Bonchev–Trinajstić information content (AvgIpc) is 2.82. The molecule has 1 fully saturated rings. The van der Waals surface area contributed by atoms with E-state index >= 15 is 0 Å². The van der Waals surface area contributed by atoms with E-state index in [4.69, 9.17) is 0 Å². The molecule has 3 rings (SSSR count). The number of likely N-dealkylation sites (tertiary alicyclic amines) is 1. The summed E-state index contributed by atoms with van der Waals surface area (Å²) in [5, 5.41) is 0. The number of nitrogens with zero attached hydrogens (tertiary/aromatic N) is 1. The Kier molecular flexibility index (Phi) is 3.16. The second kappa shape index (κ2) is 4.81. The summed E-state index contributed by atoms with van der Waals surface area (Å²) in [7, 11) is 0. The first kappa shape index (κ1) is 11.8. The van der Waals surface area contributed by atoms with E-state index in [1.807, 2.05) is 29.2 Å². The Bertz CT molecular complexity index is 481. The third-order valence-electron chi connectivity index (χ3n) is 4.04. The minimum absolute atomic E-state index is 0.134. The minimum atomic E-state index is 0.134. The minimum Gasteiger partial charge on any atom is -0.338 e. The number of allylic oxidation sites excluding steroid dienone is 2. The van der Waals surface area contributed by atoms with Gasteiger partial charge in [-0.3, -0.25) is 4.79 Å². The summed E-state index contributed by atoms with van der Waals surface area (Å²) in [4.78, 5) is 15.2. The number of fused-ring (bicyclic) bond motifs is 1. The van der Waals surface area contributed by atoms with Crippen molar-refractivity contribution < 1.29 is 4.79 Å². The van der Waals surface area contributed by atoms with Gasteiger partial charge in [0, 0.05) is 18.0 Å². The van der Waals surface area contributed by atoms with Crippen LogP contribution in [0.25, 0.3) is 0 Å². The second-order valence-electron chi connectivity index (χ2n) is 5.19. The maximum absolute atomic E-state index is 12.5. The van der Waals surface area contributed by atoms with Crippen LogP contribution in [0, 0.1) is 11.8 Å². The van der Waals surface area contributed by atoms with Crippen LogP contribution in [0.3, 0.4) is 0 Å². The molecule has 1 aliphatic carbocycles. The van der Waals surface area contributed by atoms with Crippen molar-refractivity contribution in [3.8, 4) is 0 Å². The van der Waals surface area contributed by atoms with Crippen molar-refractivity contribution in [1.82, 2.24) is 4.90 Å². The molecule has 0 saturated carbocycles. The number of carbonyl (C=O) groups is 1. The average molecular weight is 259 g/mol. The zero-order valence-electron chi connectivity index (χ0n) is 10.2. The van der Waals surface area contributed by atoms with Crippen molar-refractivity contribution in [2.75, 3.05) is 13.1 Å². The molecule has 1 aromatic rings. The molecule has 1 heterocycles. The van der Waals surface area contributed by atoms with Crippen molar-refractivity contribution in [2.24, 2.45) is 11.8 Å². The van der Waals surface area contributed by atoms with Crippen molar-refractivity contribution in [2.45, 2.75) is 17.7 Å². The zero-order valence-corrected chi connectivity index (χ0v) is 11.1. The van der Waals surface area contributed by atoms with Gasteiger partial charge in [-0.15, -0.1) is 12.6 Å². The van der Waals surface area contributed by atoms with E-state index in [1.165, 1.54) is 0 Å². The largest absolute Gasteiger partial charge is 0.338 e. The molecule has 0 radical (unpaired) electrons. The fourth-order valence-corrected chi connectivity index (χ4v) is 3.26. The van der Waals surface area contributed by atoms with E-state index in [9.17, 15) is 4.79 Å². The highest BCUT2D eigenvalue weighted by Gasteiger charge is 2.35. The van der Waals surface area contributed by atoms with Gasteiger partial charge in [-0.2, -0.15) is 0 Å². The monoisotopic (exact) mass is 259 g/mol. The van der Waals surface area contributed by atoms with E-state index in [-0.39, 0.29) is 5.91 Å². The Hall–Kier alpha value is -1.22. The van der Waals surface area contributed by atoms with E-state index in [0.29, 0.717) is 11.8 Å². The third-order valence-corrected chi connectivity index (χ3v) is 4.43. The molecule has 0 aromatic heterocycles. The van der Waals surface area contributed by atoms with E-state index in [0.717, 1.165) is 36.4 Å². The maximum Gasteiger partial charge on any atom is 0.254 e. The lowest BCUT2D eigenvalue weighted by Crippen LogP contribution is -2.29. The molecule has 2 aliphatic rings. The molecular formula is C15H17NOS. The first-order valence-electron chi connectivity index (χ1n) is 6.48. The molecule has 2 atom stereocenters. The van der Waals surface area contributed by atoms with Crippen molar-refractivity contribution in [1.29, 1.82) is 0 Å². The van der Waals surface area contributed by atoms with Crippen LogP contribution in [-0.2, 0) is 0 Å². The van der Waals surface area contributed by atoms with Gasteiger partial charge in [-0.25, -0.2) is 0 Å². The Morgan fingerprint density at radius 2 is 1.72 bits per heavy atom. The number of hydrogen-bond acceptors (Lipinski definition) is 2. The van der Waals surface area contributed by atoms with Gasteiger partial charge in [0.25, 0.3) is 5.91 Å². The van der Waals surface area contributed by atoms with Gasteiger partial charge in [-0.1, -0.05) is 24.3 Å². The lowest BCUT2D eigenvalue weighted by molar-refractivity contribution is 0.0781. The molecule has 94 valence electrons. The summed E-state index contributed by atoms with van der Waals surface area (Å²) in [5.41, 5.74) is 0.729. The number of thiol groups is 1. The summed E-state index contributed by atoms with van der Waals surface area (Å²) in [5.74, 6) is 1.45. The standard InChI is InChI=1S/C15H17NOS/c17-15(13-7-3-4-8-14(13)18)16-9-11-5-1-2-6-12(11)10-16/h1-4,7-8,11-12,18H,5-6,9-10H2. The normalized spacial score (nSPS) is 26.2. The number of benzene rings is 1. The molecule has 1 aliphatic heterocycles. The molecule has 3 heteroatoms. The predicted octanol–water partition coefficient (Wildman–Crippen LogP) is 3.01. The van der Waals surface area contributed by atoms with Crippen LogP contribution in [0.15, 0.2) is 41.3 Å². The maximum atomic E-state index is 12.5. The summed E-state index contributed by atoms with van der Waals surface area (Å²) >= 11 is 4.37. The summed E-state index contributed by atoms with van der Waals surface area (Å²) < 4.78 is 0. The first-order valence-corrected chi connectivity index (χ1v) is 6.92. The fraction of sp³-hybridized carbons (Fsp3) is 0.400. The van der Waals surface area contributed by atoms with Gasteiger partial charge in [0.2, 0.25) is 0 Å². The van der Waals surface area contributed by atoms with Crippen LogP contribution in [0.5, 0.6) is 0 Å². The van der Waals surface area contributed by atoms with E-state index in [1.54, 1.807) is 0 Å². The molecule has 0 bridgehead atoms.